The third-order valence-electron chi connectivity index (χ3n) is 3.58. The second kappa shape index (κ2) is 11.2. The van der Waals surface area contributed by atoms with E-state index >= 15 is 0 Å². The van der Waals surface area contributed by atoms with E-state index in [0.717, 1.165) is 24.8 Å². The van der Waals surface area contributed by atoms with Crippen LogP contribution in [0.3, 0.4) is 0 Å². The number of amides is 1. The number of terminal acetylenes is 1. The Hall–Kier alpha value is -2.36. The molecule has 1 aromatic heterocycles. The highest BCUT2D eigenvalue weighted by atomic mass is 16.5. The first-order valence-electron chi connectivity index (χ1n) is 8.17. The Balaban J connectivity index is 2.98. The van der Waals surface area contributed by atoms with Crippen LogP contribution < -0.4 is 16.7 Å². The van der Waals surface area contributed by atoms with Crippen molar-refractivity contribution in [1.82, 2.24) is 10.0 Å². The zero-order valence-electron chi connectivity index (χ0n) is 14.1. The number of nitrogens with two attached hydrogens (primary N) is 1. The van der Waals surface area contributed by atoms with Gasteiger partial charge in [0.15, 0.2) is 0 Å². The fourth-order valence-electron chi connectivity index (χ4n) is 2.22. The van der Waals surface area contributed by atoms with Crippen LogP contribution in [-0.2, 0) is 11.5 Å². The third kappa shape index (κ3) is 6.82. The molecule has 1 unspecified atom stereocenters. The number of aromatic nitrogens is 1. The number of hydrogen-bond donors (Lipinski definition) is 3. The number of nitrogens with one attached hydrogen (secondary N) is 1. The van der Waals surface area contributed by atoms with Gasteiger partial charge in [0.05, 0.1) is 6.67 Å². The molecule has 24 heavy (non-hydrogen) atoms. The average Bonchev–Trinajstić information content (AvgIpc) is 2.62. The van der Waals surface area contributed by atoms with Crippen molar-refractivity contribution < 1.29 is 10.0 Å². The maximum absolute atomic E-state index is 11.1. The molecule has 0 bridgehead atoms. The third-order valence-corrected chi connectivity index (χ3v) is 3.58. The van der Waals surface area contributed by atoms with Gasteiger partial charge in [-0.1, -0.05) is 38.5 Å². The number of hydrogen-bond acceptors (Lipinski definition) is 4. The SMILES string of the molecule is C#CC(CCCCCC)N=c1cc(/C=C/C(=O)NO)ccn1CN. The van der Waals surface area contributed by atoms with Gasteiger partial charge in [-0.05, 0) is 30.2 Å². The Morgan fingerprint density at radius 1 is 1.54 bits per heavy atom. The first-order valence-corrected chi connectivity index (χ1v) is 8.17. The molecule has 0 aromatic carbocycles. The minimum Gasteiger partial charge on any atom is -0.320 e. The van der Waals surface area contributed by atoms with E-state index < -0.39 is 5.91 Å². The van der Waals surface area contributed by atoms with E-state index in [0.29, 0.717) is 5.49 Å². The Labute approximate surface area is 143 Å². The highest BCUT2D eigenvalue weighted by Gasteiger charge is 2.03. The number of carbonyl (C=O) groups excluding carboxylic acids is 1. The van der Waals surface area contributed by atoms with Crippen molar-refractivity contribution in [3.63, 3.8) is 0 Å². The molecule has 1 heterocycles. The van der Waals surface area contributed by atoms with Gasteiger partial charge in [0, 0.05) is 12.3 Å². The summed E-state index contributed by atoms with van der Waals surface area (Å²) in [5.41, 5.74) is 8.72. The van der Waals surface area contributed by atoms with Crippen molar-refractivity contribution in [3.8, 4) is 12.3 Å². The number of hydroxylamine groups is 1. The molecule has 130 valence electrons. The van der Waals surface area contributed by atoms with Gasteiger partial charge >= 0.3 is 0 Å². The van der Waals surface area contributed by atoms with Crippen LogP contribution >= 0.6 is 0 Å². The zero-order valence-corrected chi connectivity index (χ0v) is 14.1. The monoisotopic (exact) mass is 330 g/mol. The summed E-state index contributed by atoms with van der Waals surface area (Å²) in [6.07, 6.45) is 15.6. The van der Waals surface area contributed by atoms with Gasteiger partial charge in [-0.2, -0.15) is 0 Å². The molecular formula is C18H26N4O2. The first kappa shape index (κ1) is 19.7. The van der Waals surface area contributed by atoms with E-state index in [1.54, 1.807) is 28.4 Å². The van der Waals surface area contributed by atoms with Crippen LogP contribution in [0.15, 0.2) is 29.4 Å². The van der Waals surface area contributed by atoms with E-state index in [1.165, 1.54) is 18.9 Å². The first-order chi connectivity index (χ1) is 11.6. The summed E-state index contributed by atoms with van der Waals surface area (Å²) in [5.74, 6) is 2.13. The van der Waals surface area contributed by atoms with Crippen molar-refractivity contribution in [2.45, 2.75) is 51.7 Å². The van der Waals surface area contributed by atoms with Crippen molar-refractivity contribution in [1.29, 1.82) is 0 Å². The molecule has 6 heteroatoms. The number of unbranched alkanes of at least 4 members (excludes halogenated alkanes) is 3. The predicted molar refractivity (Wildman–Crippen MR) is 94.5 cm³/mol. The summed E-state index contributed by atoms with van der Waals surface area (Å²) in [7, 11) is 0. The van der Waals surface area contributed by atoms with Crippen molar-refractivity contribution in [2.75, 3.05) is 0 Å². The van der Waals surface area contributed by atoms with E-state index in [2.05, 4.69) is 17.8 Å². The van der Waals surface area contributed by atoms with Gasteiger partial charge in [0.1, 0.15) is 11.5 Å². The van der Waals surface area contributed by atoms with Gasteiger partial charge in [-0.3, -0.25) is 15.0 Å². The molecular weight excluding hydrogens is 304 g/mol. The minimum absolute atomic E-state index is 0.195. The maximum atomic E-state index is 11.1. The lowest BCUT2D eigenvalue weighted by Crippen LogP contribution is -2.26. The molecule has 0 saturated heterocycles. The average molecular weight is 330 g/mol. The van der Waals surface area contributed by atoms with E-state index in [4.69, 9.17) is 17.4 Å². The highest BCUT2D eigenvalue weighted by Crippen LogP contribution is 2.07. The normalized spacial score (nSPS) is 13.0. The Morgan fingerprint density at radius 3 is 2.96 bits per heavy atom. The maximum Gasteiger partial charge on any atom is 0.267 e. The van der Waals surface area contributed by atoms with E-state index in [-0.39, 0.29) is 12.7 Å². The largest absolute Gasteiger partial charge is 0.320 e. The second-order valence-electron chi connectivity index (χ2n) is 5.44. The molecule has 1 atom stereocenters. The Bertz CT molecular complexity index is 656. The molecule has 6 nitrogen and oxygen atoms in total. The molecule has 1 aromatic rings. The van der Waals surface area contributed by atoms with Crippen molar-refractivity contribution in [3.05, 3.63) is 35.5 Å². The molecule has 0 aliphatic heterocycles. The molecule has 0 radical (unpaired) electrons. The molecule has 4 N–H and O–H groups in total. The van der Waals surface area contributed by atoms with Crippen LogP contribution in [0.5, 0.6) is 0 Å². The van der Waals surface area contributed by atoms with E-state index in [1.807, 2.05) is 6.07 Å². The fraction of sp³-hybridized carbons (Fsp3) is 0.444. The van der Waals surface area contributed by atoms with E-state index in [9.17, 15) is 4.79 Å². The van der Waals surface area contributed by atoms with Gasteiger partial charge in [-0.15, -0.1) is 6.42 Å². The van der Waals surface area contributed by atoms with Gasteiger partial charge in [-0.25, -0.2) is 5.48 Å². The highest BCUT2D eigenvalue weighted by molar-refractivity contribution is 5.90. The van der Waals surface area contributed by atoms with Gasteiger partial charge < -0.3 is 10.3 Å². The lowest BCUT2D eigenvalue weighted by atomic mass is 10.1. The molecule has 1 amide bonds. The molecule has 1 rings (SSSR count). The zero-order chi connectivity index (χ0) is 17.8. The molecule has 0 aliphatic rings. The standard InChI is InChI=1S/C18H26N4O2/c1-3-5-6-7-8-16(4-2)20-17-13-15(9-10-18(23)21-24)11-12-22(17)14-19/h2,9-13,16,24H,3,5-8,14,19H2,1H3,(H,21,23)/b10-9+,20-17?. The van der Waals surface area contributed by atoms with Crippen LogP contribution in [-0.4, -0.2) is 21.7 Å². The van der Waals surface area contributed by atoms with Crippen LogP contribution in [0.4, 0.5) is 0 Å². The smallest absolute Gasteiger partial charge is 0.267 e. The topological polar surface area (TPSA) is 92.6 Å². The number of pyridine rings is 1. The number of nitrogens with zero attached hydrogens (tertiary/aromatic N) is 2. The van der Waals surface area contributed by atoms with Gasteiger partial charge in [0.2, 0.25) is 0 Å². The minimum atomic E-state index is -0.596. The summed E-state index contributed by atoms with van der Waals surface area (Å²) >= 11 is 0. The van der Waals surface area contributed by atoms with Crippen LogP contribution in [0, 0.1) is 12.3 Å². The van der Waals surface area contributed by atoms with Crippen molar-refractivity contribution in [2.24, 2.45) is 10.7 Å². The summed E-state index contributed by atoms with van der Waals surface area (Å²) in [6, 6.07) is 3.42. The van der Waals surface area contributed by atoms with Crippen LogP contribution in [0.25, 0.3) is 6.08 Å². The lowest BCUT2D eigenvalue weighted by molar-refractivity contribution is -0.124. The van der Waals surface area contributed by atoms with Crippen LogP contribution in [0.1, 0.15) is 44.6 Å². The summed E-state index contributed by atoms with van der Waals surface area (Å²) in [5, 5.41) is 8.51. The molecule has 0 fully saturated rings. The molecule has 0 spiro atoms. The Kier molecular flexibility index (Phi) is 9.20. The fourth-order valence-corrected chi connectivity index (χ4v) is 2.22. The Morgan fingerprint density at radius 2 is 2.33 bits per heavy atom. The summed E-state index contributed by atoms with van der Waals surface area (Å²) in [6.45, 7) is 2.45. The predicted octanol–water partition coefficient (Wildman–Crippen LogP) is 1.80. The van der Waals surface area contributed by atoms with Gasteiger partial charge in [0.25, 0.3) is 5.91 Å². The van der Waals surface area contributed by atoms with Crippen LogP contribution in [0.2, 0.25) is 0 Å². The quantitative estimate of drug-likeness (QED) is 0.212. The molecule has 0 aliphatic carbocycles. The summed E-state index contributed by atoms with van der Waals surface area (Å²) < 4.78 is 1.79. The number of carbonyl (C=O) groups is 1. The number of rotatable bonds is 9. The lowest BCUT2D eigenvalue weighted by Gasteiger charge is -2.09. The van der Waals surface area contributed by atoms with Crippen molar-refractivity contribution >= 4 is 12.0 Å². The second-order valence-corrected chi connectivity index (χ2v) is 5.44. The summed E-state index contributed by atoms with van der Waals surface area (Å²) in [4.78, 5) is 15.7. The molecule has 0 saturated carbocycles.